The molecule has 0 saturated carbocycles. The third kappa shape index (κ3) is 5.17. The zero-order valence-corrected chi connectivity index (χ0v) is 18.6. The first kappa shape index (κ1) is 22.4. The van der Waals surface area contributed by atoms with Crippen LogP contribution in [-0.2, 0) is 26.1 Å². The van der Waals surface area contributed by atoms with Crippen molar-refractivity contribution in [2.24, 2.45) is 0 Å². The summed E-state index contributed by atoms with van der Waals surface area (Å²) >= 11 is 0. The number of nitrogens with zero attached hydrogens (tertiary/aromatic N) is 2. The lowest BCUT2D eigenvalue weighted by Crippen LogP contribution is -2.49. The summed E-state index contributed by atoms with van der Waals surface area (Å²) in [5, 5.41) is 2.62. The molecule has 0 radical (unpaired) electrons. The van der Waals surface area contributed by atoms with E-state index in [9.17, 15) is 18.0 Å². The molecular formula is C23H27N3O5S. The standard InChI is InChI=1S/C23H27N3O5S/c27-22-17-26(13-12-24-22)32(29,30)21-10-8-19(9-11-21)23(28)25(16-20-7-4-14-31-20)15-18-5-2-1-3-6-18/h1-3,5-6,8-11,20H,4,7,12-17H2,(H,24,27). The first-order chi connectivity index (χ1) is 15.4. The minimum Gasteiger partial charge on any atom is -0.376 e. The molecule has 0 aromatic heterocycles. The van der Waals surface area contributed by atoms with Crippen molar-refractivity contribution in [2.45, 2.75) is 30.4 Å². The van der Waals surface area contributed by atoms with Crippen LogP contribution in [0.5, 0.6) is 0 Å². The molecule has 2 saturated heterocycles. The molecule has 0 spiro atoms. The second kappa shape index (κ2) is 9.81. The van der Waals surface area contributed by atoms with E-state index in [1.807, 2.05) is 30.3 Å². The molecule has 2 aromatic rings. The Morgan fingerprint density at radius 1 is 1.12 bits per heavy atom. The van der Waals surface area contributed by atoms with Gasteiger partial charge in [-0.05, 0) is 42.7 Å². The van der Waals surface area contributed by atoms with Gasteiger partial charge in [0.1, 0.15) is 0 Å². The van der Waals surface area contributed by atoms with Gasteiger partial charge in [0.2, 0.25) is 15.9 Å². The Kier molecular flexibility index (Phi) is 6.88. The molecule has 0 bridgehead atoms. The van der Waals surface area contributed by atoms with Gasteiger partial charge in [-0.25, -0.2) is 8.42 Å². The van der Waals surface area contributed by atoms with Crippen molar-refractivity contribution >= 4 is 21.8 Å². The quantitative estimate of drug-likeness (QED) is 0.682. The summed E-state index contributed by atoms with van der Waals surface area (Å²) in [6, 6.07) is 15.7. The van der Waals surface area contributed by atoms with E-state index in [2.05, 4.69) is 5.32 Å². The topological polar surface area (TPSA) is 96.0 Å². The lowest BCUT2D eigenvalue weighted by Gasteiger charge is -2.27. The van der Waals surface area contributed by atoms with Gasteiger partial charge in [0.25, 0.3) is 5.91 Å². The Morgan fingerprint density at radius 3 is 2.53 bits per heavy atom. The molecule has 0 aliphatic carbocycles. The summed E-state index contributed by atoms with van der Waals surface area (Å²) in [7, 11) is -3.80. The number of rotatable bonds is 7. The molecule has 2 heterocycles. The van der Waals surface area contributed by atoms with Crippen LogP contribution in [0.15, 0.2) is 59.5 Å². The number of ether oxygens (including phenoxy) is 1. The number of carbonyl (C=O) groups is 2. The van der Waals surface area contributed by atoms with Crippen LogP contribution in [0.3, 0.4) is 0 Å². The second-order valence-electron chi connectivity index (χ2n) is 8.02. The summed E-state index contributed by atoms with van der Waals surface area (Å²) in [4.78, 5) is 26.7. The van der Waals surface area contributed by atoms with E-state index < -0.39 is 10.0 Å². The minimum absolute atomic E-state index is 0.00700. The molecule has 1 atom stereocenters. The van der Waals surface area contributed by atoms with Crippen LogP contribution in [0.1, 0.15) is 28.8 Å². The fraction of sp³-hybridized carbons (Fsp3) is 0.391. The fourth-order valence-electron chi connectivity index (χ4n) is 3.98. The fourth-order valence-corrected chi connectivity index (χ4v) is 5.38. The zero-order valence-electron chi connectivity index (χ0n) is 17.8. The molecule has 1 unspecified atom stereocenters. The van der Waals surface area contributed by atoms with Gasteiger partial charge in [-0.15, -0.1) is 0 Å². The van der Waals surface area contributed by atoms with E-state index in [0.717, 1.165) is 22.7 Å². The average Bonchev–Trinajstić information content (AvgIpc) is 3.32. The van der Waals surface area contributed by atoms with Crippen LogP contribution in [0, 0.1) is 0 Å². The summed E-state index contributed by atoms with van der Waals surface area (Å²) in [5.74, 6) is -0.497. The van der Waals surface area contributed by atoms with E-state index in [4.69, 9.17) is 4.74 Å². The summed E-state index contributed by atoms with van der Waals surface area (Å²) in [5.41, 5.74) is 1.43. The first-order valence-electron chi connectivity index (χ1n) is 10.8. The highest BCUT2D eigenvalue weighted by atomic mass is 32.2. The van der Waals surface area contributed by atoms with Gasteiger partial charge in [0, 0.05) is 38.3 Å². The summed E-state index contributed by atoms with van der Waals surface area (Å²) < 4.78 is 32.6. The number of hydrogen-bond donors (Lipinski definition) is 1. The van der Waals surface area contributed by atoms with Gasteiger partial charge in [0.05, 0.1) is 17.5 Å². The number of nitrogens with one attached hydrogen (secondary N) is 1. The third-order valence-corrected chi connectivity index (χ3v) is 7.55. The molecule has 4 rings (SSSR count). The maximum Gasteiger partial charge on any atom is 0.254 e. The first-order valence-corrected chi connectivity index (χ1v) is 12.2. The number of benzene rings is 2. The van der Waals surface area contributed by atoms with Crippen LogP contribution in [0.25, 0.3) is 0 Å². The average molecular weight is 458 g/mol. The Bertz CT molecular complexity index is 1050. The van der Waals surface area contributed by atoms with Crippen molar-refractivity contribution in [3.05, 3.63) is 65.7 Å². The van der Waals surface area contributed by atoms with Crippen LogP contribution in [0.4, 0.5) is 0 Å². The predicted octanol–water partition coefficient (Wildman–Crippen LogP) is 1.63. The molecule has 9 heteroatoms. The van der Waals surface area contributed by atoms with Crippen LogP contribution in [0.2, 0.25) is 0 Å². The molecule has 2 amide bonds. The molecule has 2 aliphatic heterocycles. The molecule has 170 valence electrons. The zero-order chi connectivity index (χ0) is 22.6. The van der Waals surface area contributed by atoms with Crippen LogP contribution in [-0.4, -0.2) is 68.3 Å². The number of carbonyl (C=O) groups excluding carboxylic acids is 2. The molecule has 2 fully saturated rings. The summed E-state index contributed by atoms with van der Waals surface area (Å²) in [6.07, 6.45) is 1.91. The maximum absolute atomic E-state index is 13.3. The molecule has 8 nitrogen and oxygen atoms in total. The van der Waals surface area contributed by atoms with Crippen molar-refractivity contribution in [3.63, 3.8) is 0 Å². The van der Waals surface area contributed by atoms with Crippen molar-refractivity contribution in [2.75, 3.05) is 32.8 Å². The van der Waals surface area contributed by atoms with Crippen molar-refractivity contribution in [3.8, 4) is 0 Å². The van der Waals surface area contributed by atoms with Crippen molar-refractivity contribution < 1.29 is 22.7 Å². The maximum atomic E-state index is 13.3. The molecule has 2 aromatic carbocycles. The number of hydrogen-bond acceptors (Lipinski definition) is 5. The van der Waals surface area contributed by atoms with Crippen LogP contribution < -0.4 is 5.32 Å². The van der Waals surface area contributed by atoms with Crippen molar-refractivity contribution in [1.82, 2.24) is 14.5 Å². The highest BCUT2D eigenvalue weighted by Crippen LogP contribution is 2.20. The van der Waals surface area contributed by atoms with Gasteiger partial charge in [-0.2, -0.15) is 4.31 Å². The number of amides is 2. The second-order valence-corrected chi connectivity index (χ2v) is 9.96. The van der Waals surface area contributed by atoms with Gasteiger partial charge < -0.3 is 15.0 Å². The van der Waals surface area contributed by atoms with Gasteiger partial charge in [-0.1, -0.05) is 30.3 Å². The largest absolute Gasteiger partial charge is 0.376 e. The molecule has 1 N–H and O–H groups in total. The molecule has 32 heavy (non-hydrogen) atoms. The van der Waals surface area contributed by atoms with Crippen molar-refractivity contribution in [1.29, 1.82) is 0 Å². The Balaban J connectivity index is 1.52. The summed E-state index contributed by atoms with van der Waals surface area (Å²) in [6.45, 7) is 1.95. The number of sulfonamides is 1. The molecule has 2 aliphatic rings. The highest BCUT2D eigenvalue weighted by Gasteiger charge is 2.30. The smallest absolute Gasteiger partial charge is 0.254 e. The Labute approximate surface area is 188 Å². The molecular weight excluding hydrogens is 430 g/mol. The van der Waals surface area contributed by atoms with Crippen LogP contribution >= 0.6 is 0 Å². The highest BCUT2D eigenvalue weighted by molar-refractivity contribution is 7.89. The Hall–Kier alpha value is -2.75. The number of piperazine rings is 1. The van der Waals surface area contributed by atoms with Gasteiger partial charge in [0.15, 0.2) is 0 Å². The van der Waals surface area contributed by atoms with E-state index in [1.54, 1.807) is 4.90 Å². The minimum atomic E-state index is -3.80. The van der Waals surface area contributed by atoms with E-state index in [1.165, 1.54) is 24.3 Å². The van der Waals surface area contributed by atoms with Gasteiger partial charge in [-0.3, -0.25) is 9.59 Å². The third-order valence-electron chi connectivity index (χ3n) is 5.69. The lowest BCUT2D eigenvalue weighted by atomic mass is 10.1. The van der Waals surface area contributed by atoms with E-state index in [-0.39, 0.29) is 42.4 Å². The normalized spacial score (nSPS) is 19.5. The Morgan fingerprint density at radius 2 is 1.88 bits per heavy atom. The SMILES string of the molecule is O=C1CN(S(=O)(=O)c2ccc(C(=O)N(Cc3ccccc3)CC3CCCO3)cc2)CCN1. The van der Waals surface area contributed by atoms with E-state index >= 15 is 0 Å². The predicted molar refractivity (Wildman–Crippen MR) is 118 cm³/mol. The lowest BCUT2D eigenvalue weighted by molar-refractivity contribution is -0.122. The van der Waals surface area contributed by atoms with E-state index in [0.29, 0.717) is 25.3 Å². The van der Waals surface area contributed by atoms with Gasteiger partial charge >= 0.3 is 0 Å². The monoisotopic (exact) mass is 457 g/mol.